The van der Waals surface area contributed by atoms with E-state index in [4.69, 9.17) is 46.4 Å². The molecule has 0 fully saturated rings. The van der Waals surface area contributed by atoms with Crippen molar-refractivity contribution in [2.75, 3.05) is 22.2 Å². The third kappa shape index (κ3) is 24.7. The Balaban J connectivity index is 0.000000142. The topological polar surface area (TPSA) is 342 Å². The average molecular weight is 2130 g/mol. The molecule has 7 aromatic carbocycles. The molecule has 678 valence electrons. The maximum Gasteiger partial charge on any atom is 0.339 e. The Morgan fingerprint density at radius 3 is 1.10 bits per heavy atom. The Hall–Kier alpha value is -11.8. The summed E-state index contributed by atoms with van der Waals surface area (Å²) >= 11 is 39.8. The Labute approximate surface area is 835 Å². The van der Waals surface area contributed by atoms with E-state index in [1.807, 2.05) is 172 Å². The van der Waals surface area contributed by atoms with Crippen molar-refractivity contribution < 1.29 is 81.9 Å². The van der Waals surface area contributed by atoms with Crippen LogP contribution >= 0.6 is 176 Å². The number of thiophene rings is 10. The van der Waals surface area contributed by atoms with Gasteiger partial charge in [-0.2, -0.15) is 0 Å². The molecule has 0 aliphatic carbocycles. The number of ketones is 2. The van der Waals surface area contributed by atoms with Gasteiger partial charge >= 0.3 is 29.8 Å². The smallest absolute Gasteiger partial charge is 0.339 e. The molecule has 3 amide bonds. The van der Waals surface area contributed by atoms with Crippen LogP contribution in [0.25, 0.3) is 76.5 Å². The van der Waals surface area contributed by atoms with Crippen LogP contribution in [-0.4, -0.2) is 99.3 Å². The molecule has 0 aliphatic heterocycles. The summed E-state index contributed by atoms with van der Waals surface area (Å²) in [6.07, 6.45) is 0.882. The first-order valence-electron chi connectivity index (χ1n) is 39.3. The number of halogens is 5. The van der Waals surface area contributed by atoms with Crippen molar-refractivity contribution in [3.8, 4) is 76.5 Å². The molecule has 0 radical (unpaired) electrons. The minimum atomic E-state index is -3.55. The molecule has 0 atom stereocenters. The number of rotatable bonds is 25. The molecule has 36 heteroatoms. The minimum Gasteiger partial charge on any atom is -0.478 e. The van der Waals surface area contributed by atoms with E-state index in [1.165, 1.54) is 96.1 Å². The van der Waals surface area contributed by atoms with E-state index in [2.05, 4.69) is 31.9 Å². The lowest BCUT2D eigenvalue weighted by Crippen LogP contribution is -2.13. The highest BCUT2D eigenvalue weighted by atomic mass is 79.9. The molecule has 0 bridgehead atoms. The number of Topliss-reactive ketones (excluding diaryl/α,β-unsaturated/α-hetero) is 2. The van der Waals surface area contributed by atoms with Crippen molar-refractivity contribution in [2.24, 2.45) is 0 Å². The number of benzene rings is 7. The second-order valence-electron chi connectivity index (χ2n) is 28.9. The zero-order valence-electron chi connectivity index (χ0n) is 69.8. The van der Waals surface area contributed by atoms with Crippen LogP contribution in [0.4, 0.5) is 15.0 Å². The lowest BCUT2D eigenvalue weighted by molar-refractivity contribution is 0.0686. The zero-order valence-corrected chi connectivity index (χ0v) is 83.4. The Bertz CT molecular complexity index is 7170. The summed E-state index contributed by atoms with van der Waals surface area (Å²) in [4.78, 5) is 127. The van der Waals surface area contributed by atoms with E-state index < -0.39 is 51.4 Å². The average Bonchev–Trinajstić information content (AvgIpc) is 1.65. The predicted octanol–water partition coefficient (Wildman–Crippen LogP) is 29.5. The molecule has 17 rings (SSSR count). The minimum absolute atomic E-state index is 0.0386. The summed E-state index contributed by atoms with van der Waals surface area (Å²) in [5, 5.41) is 70.3. The highest BCUT2D eigenvalue weighted by molar-refractivity contribution is 9.10. The van der Waals surface area contributed by atoms with Crippen molar-refractivity contribution in [3.63, 3.8) is 0 Å². The summed E-state index contributed by atoms with van der Waals surface area (Å²) in [7, 11) is -3.55. The van der Waals surface area contributed by atoms with Gasteiger partial charge in [-0.15, -0.1) is 113 Å². The standard InChI is InChI=1S/C23H15ClO3S2.C22H14BrNO3S2.C18H12Cl2O5S3.C18H14ClNO3S2.C17H13NO3S2/c24-16-8-6-14(7-9-16)17-13-28-21(22(17)23(26)27)12-18(25)20-11-10-19(29-20)15-4-2-1-3-5-15;23-15-8-6-13(7-9-15)16-12-28-21(19(16)22(26)27)24-20(25)18-11-10-17(29-18)14-4-2-1-3-5-14;1-28(24,25)14-8-27-17(16(14)20)12(21)6-13-15(18(22)23)11(7-26-13)9-2-4-10(19)5-3-9;1-9-3-5-11(6-4-9)13-8-24-17(14(13)18(22)23)20-16(21)12-7-10(2)25-15(12)19;1-10-4-6-11(7-5-10)12-9-23-16(14(12)17(20)21)18-15(19)13-3-2-8-22-13/h1-11,13H,12H2,(H,26,27);1-12H,(H,24,25)(H,26,27);2-5,7-8H,6H2,1H3,(H,22,23);3-8H,1-2H3,(H,20,21)(H,22,23);2-9H,1H3,(H,18,19)(H,20,21). The third-order valence-electron chi connectivity index (χ3n) is 19.7. The second kappa shape index (κ2) is 45.0. The molecule has 0 aliphatic rings. The predicted molar refractivity (Wildman–Crippen MR) is 551 cm³/mol. The Morgan fingerprint density at radius 1 is 0.358 bits per heavy atom. The second-order valence-corrected chi connectivity index (χ2v) is 43.5. The molecule has 10 heterocycles. The van der Waals surface area contributed by atoms with Crippen LogP contribution in [0, 0.1) is 20.8 Å². The Morgan fingerprint density at radius 2 is 0.724 bits per heavy atom. The number of amides is 3. The number of carbonyl (C=O) groups is 10. The van der Waals surface area contributed by atoms with Crippen molar-refractivity contribution >= 4 is 260 Å². The fraction of sp³-hybridized carbons (Fsp3) is 0.0612. The van der Waals surface area contributed by atoms with E-state index in [9.17, 15) is 81.9 Å². The molecule has 8 N–H and O–H groups in total. The molecule has 20 nitrogen and oxygen atoms in total. The van der Waals surface area contributed by atoms with Gasteiger partial charge in [0.05, 0.1) is 46.1 Å². The first kappa shape index (κ1) is 99.7. The summed E-state index contributed by atoms with van der Waals surface area (Å²) in [5.74, 6) is -6.92. The number of hydrogen-bond acceptors (Lipinski definition) is 22. The maximum atomic E-state index is 12.8. The van der Waals surface area contributed by atoms with Crippen LogP contribution in [0.5, 0.6) is 0 Å². The van der Waals surface area contributed by atoms with Gasteiger partial charge in [-0.1, -0.05) is 225 Å². The van der Waals surface area contributed by atoms with Crippen LogP contribution in [0.1, 0.15) is 127 Å². The summed E-state index contributed by atoms with van der Waals surface area (Å²) in [6.45, 7) is 5.80. The number of carboxylic acids is 5. The maximum absolute atomic E-state index is 12.8. The SMILES string of the molecule is CS(=O)(=O)c1csc(C(=O)Cc2scc(-c3ccc(Cl)cc3)c2C(=O)O)c1Cl.Cc1ccc(-c2csc(NC(=O)c3cc(C)sc3Cl)c2C(=O)O)cc1.Cc1ccc(-c2csc(NC(=O)c3cccs3)c2C(=O)O)cc1.O=C(Cc1scc(-c2ccc(Cl)cc2)c1C(=O)O)c1ccc(-c2ccccc2)s1.O=C(Nc1scc(-c2ccc(Br)cc2)c1C(=O)O)c1ccc(-c2ccccc2)s1. The van der Waals surface area contributed by atoms with Gasteiger partial charge in [-0.05, 0) is 149 Å². The monoisotopic (exact) mass is 2130 g/mol. The van der Waals surface area contributed by atoms with Crippen LogP contribution < -0.4 is 16.0 Å². The number of aryl methyl sites for hydroxylation is 3. The molecule has 0 unspecified atom stereocenters. The van der Waals surface area contributed by atoms with Gasteiger partial charge < -0.3 is 41.5 Å². The summed E-state index contributed by atoms with van der Waals surface area (Å²) in [6, 6.07) is 68.6. The highest BCUT2D eigenvalue weighted by Crippen LogP contribution is 2.44. The largest absolute Gasteiger partial charge is 0.478 e. The van der Waals surface area contributed by atoms with Crippen molar-refractivity contribution in [1.29, 1.82) is 0 Å². The van der Waals surface area contributed by atoms with Crippen molar-refractivity contribution in [2.45, 2.75) is 38.5 Å². The third-order valence-corrected chi connectivity index (χ3v) is 32.7. The normalized spacial score (nSPS) is 10.8. The first-order chi connectivity index (χ1) is 64.1. The van der Waals surface area contributed by atoms with Gasteiger partial charge in [0.1, 0.15) is 36.0 Å². The molecule has 17 aromatic rings. The summed E-state index contributed by atoms with van der Waals surface area (Å²) < 4.78 is 24.7. The van der Waals surface area contributed by atoms with Gasteiger partial charge in [0, 0.05) is 107 Å². The van der Waals surface area contributed by atoms with Crippen molar-refractivity contribution in [1.82, 2.24) is 0 Å². The number of carbonyl (C=O) groups excluding carboxylic acids is 5. The van der Waals surface area contributed by atoms with Gasteiger partial charge in [0.2, 0.25) is 0 Å². The van der Waals surface area contributed by atoms with E-state index in [1.54, 1.807) is 105 Å². The van der Waals surface area contributed by atoms with E-state index >= 15 is 0 Å². The van der Waals surface area contributed by atoms with Gasteiger partial charge in [-0.3, -0.25) is 24.0 Å². The zero-order chi connectivity index (χ0) is 95.9. The molecule has 0 spiro atoms. The van der Waals surface area contributed by atoms with E-state index in [0.29, 0.717) is 92.7 Å². The summed E-state index contributed by atoms with van der Waals surface area (Å²) in [5.41, 5.74) is 11.9. The van der Waals surface area contributed by atoms with Crippen molar-refractivity contribution in [3.05, 3.63) is 365 Å². The van der Waals surface area contributed by atoms with Crippen LogP contribution in [0.15, 0.2) is 271 Å². The van der Waals surface area contributed by atoms with Crippen LogP contribution in [0.3, 0.4) is 0 Å². The van der Waals surface area contributed by atoms with Gasteiger partial charge in [0.15, 0.2) is 21.4 Å². The van der Waals surface area contributed by atoms with Crippen LogP contribution in [-0.2, 0) is 22.7 Å². The van der Waals surface area contributed by atoms with E-state index in [0.717, 1.165) is 92.5 Å². The first-order valence-corrected chi connectivity index (χ1v) is 52.1. The number of hydrogen-bond donors (Lipinski definition) is 8. The number of carboxylic acid groups (broad SMARTS) is 5. The van der Waals surface area contributed by atoms with E-state index in [-0.39, 0.29) is 73.1 Å². The molecule has 0 saturated carbocycles. The van der Waals surface area contributed by atoms with Crippen LogP contribution in [0.2, 0.25) is 19.4 Å². The quantitative estimate of drug-likeness (QED) is 0.0246. The number of anilines is 3. The molecule has 134 heavy (non-hydrogen) atoms. The fourth-order valence-corrected chi connectivity index (χ4v) is 25.2. The lowest BCUT2D eigenvalue weighted by Gasteiger charge is -2.06. The van der Waals surface area contributed by atoms with Gasteiger partial charge in [0.25, 0.3) is 17.7 Å². The van der Waals surface area contributed by atoms with Gasteiger partial charge in [-0.25, -0.2) is 32.4 Å². The number of aromatic carboxylic acids is 5. The highest BCUT2D eigenvalue weighted by Gasteiger charge is 2.31. The number of sulfone groups is 1. The molecular formula is C98H68BrCl4N3O17S11. The number of nitrogens with one attached hydrogen (secondary N) is 3. The lowest BCUT2D eigenvalue weighted by atomic mass is 10.0. The fourth-order valence-electron chi connectivity index (χ4n) is 13.2. The Kier molecular flexibility index (Phi) is 33.5. The molecule has 0 saturated heterocycles. The molecule has 10 aromatic heterocycles. The molecular weight excluding hydrogens is 2070 g/mol.